The summed E-state index contributed by atoms with van der Waals surface area (Å²) in [6.45, 7) is 3.90. The Morgan fingerprint density at radius 1 is 1.52 bits per heavy atom. The molecular formula is C16H23BrN2O2. The van der Waals surface area contributed by atoms with Crippen molar-refractivity contribution in [3.05, 3.63) is 21.7 Å². The molecule has 4 nitrogen and oxygen atoms in total. The van der Waals surface area contributed by atoms with Crippen LogP contribution in [0.15, 0.2) is 10.5 Å². The predicted molar refractivity (Wildman–Crippen MR) is 87.0 cm³/mol. The SMILES string of the molecule is COc1cc(C2CC(CN)CN2C)c(Br)c2c1OC(C)C2. The molecule has 2 aliphatic heterocycles. The first-order valence-electron chi connectivity index (χ1n) is 7.51. The normalized spacial score (nSPS) is 28.5. The van der Waals surface area contributed by atoms with Gasteiger partial charge in [0.2, 0.25) is 0 Å². The third-order valence-corrected chi connectivity index (χ3v) is 5.60. The monoisotopic (exact) mass is 354 g/mol. The molecule has 1 fully saturated rings. The second kappa shape index (κ2) is 5.78. The van der Waals surface area contributed by atoms with E-state index in [0.29, 0.717) is 12.0 Å². The van der Waals surface area contributed by atoms with Gasteiger partial charge in [0.25, 0.3) is 0 Å². The molecule has 3 rings (SSSR count). The highest BCUT2D eigenvalue weighted by Crippen LogP contribution is 2.48. The summed E-state index contributed by atoms with van der Waals surface area (Å²) in [7, 11) is 3.88. The van der Waals surface area contributed by atoms with Gasteiger partial charge in [-0.05, 0) is 44.5 Å². The highest BCUT2D eigenvalue weighted by molar-refractivity contribution is 9.10. The third-order valence-electron chi connectivity index (χ3n) is 4.66. The number of fused-ring (bicyclic) bond motifs is 1. The van der Waals surface area contributed by atoms with Gasteiger partial charge < -0.3 is 15.2 Å². The standard InChI is InChI=1S/C16H23BrN2O2/c1-9-4-12-15(17)11(6-14(20-3)16(12)21-9)13-5-10(7-18)8-19(13)2/h6,9-10,13H,4-5,7-8,18H2,1-3H3. The van der Waals surface area contributed by atoms with Crippen LogP contribution in [0.5, 0.6) is 11.5 Å². The minimum atomic E-state index is 0.207. The first-order chi connectivity index (χ1) is 10.0. The van der Waals surface area contributed by atoms with Crippen LogP contribution in [-0.4, -0.2) is 38.3 Å². The lowest BCUT2D eigenvalue weighted by atomic mass is 9.96. The van der Waals surface area contributed by atoms with E-state index >= 15 is 0 Å². The van der Waals surface area contributed by atoms with Crippen LogP contribution in [0.1, 0.15) is 30.5 Å². The number of halogens is 1. The molecule has 2 heterocycles. The van der Waals surface area contributed by atoms with Gasteiger partial charge in [-0.15, -0.1) is 0 Å². The van der Waals surface area contributed by atoms with Gasteiger partial charge in [0.15, 0.2) is 11.5 Å². The average Bonchev–Trinajstić information content (AvgIpc) is 3.03. The van der Waals surface area contributed by atoms with Crippen molar-refractivity contribution in [3.8, 4) is 11.5 Å². The fourth-order valence-corrected chi connectivity index (χ4v) is 4.29. The summed E-state index contributed by atoms with van der Waals surface area (Å²) in [4.78, 5) is 2.39. The van der Waals surface area contributed by atoms with Crippen molar-refractivity contribution in [2.45, 2.75) is 31.9 Å². The molecule has 1 aromatic carbocycles. The van der Waals surface area contributed by atoms with E-state index in [1.54, 1.807) is 7.11 Å². The first kappa shape index (κ1) is 15.1. The summed E-state index contributed by atoms with van der Waals surface area (Å²) >= 11 is 3.81. The Morgan fingerprint density at radius 2 is 2.29 bits per heavy atom. The van der Waals surface area contributed by atoms with Crippen molar-refractivity contribution in [3.63, 3.8) is 0 Å². The zero-order valence-electron chi connectivity index (χ0n) is 12.9. The summed E-state index contributed by atoms with van der Waals surface area (Å²) in [6.07, 6.45) is 2.24. The van der Waals surface area contributed by atoms with E-state index < -0.39 is 0 Å². The van der Waals surface area contributed by atoms with Crippen LogP contribution in [0.2, 0.25) is 0 Å². The number of rotatable bonds is 3. The number of likely N-dealkylation sites (tertiary alicyclic amines) is 1. The largest absolute Gasteiger partial charge is 0.493 e. The third kappa shape index (κ3) is 2.56. The van der Waals surface area contributed by atoms with E-state index in [1.165, 1.54) is 15.6 Å². The molecule has 0 saturated carbocycles. The Hall–Kier alpha value is -0.780. The van der Waals surface area contributed by atoms with Gasteiger partial charge in [0.1, 0.15) is 6.10 Å². The zero-order chi connectivity index (χ0) is 15.1. The Bertz CT molecular complexity index is 550. The lowest BCUT2D eigenvalue weighted by Gasteiger charge is -2.23. The molecule has 3 unspecified atom stereocenters. The fraction of sp³-hybridized carbons (Fsp3) is 0.625. The van der Waals surface area contributed by atoms with E-state index in [1.807, 2.05) is 0 Å². The smallest absolute Gasteiger partial charge is 0.166 e. The summed E-state index contributed by atoms with van der Waals surface area (Å²) in [6, 6.07) is 2.52. The Balaban J connectivity index is 2.02. The molecule has 2 aliphatic rings. The van der Waals surface area contributed by atoms with Crippen molar-refractivity contribution in [1.29, 1.82) is 0 Å². The quantitative estimate of drug-likeness (QED) is 0.906. The number of methoxy groups -OCH3 is 1. The van der Waals surface area contributed by atoms with Gasteiger partial charge in [-0.25, -0.2) is 0 Å². The minimum absolute atomic E-state index is 0.207. The molecule has 116 valence electrons. The zero-order valence-corrected chi connectivity index (χ0v) is 14.4. The summed E-state index contributed by atoms with van der Waals surface area (Å²) in [5, 5.41) is 0. The van der Waals surface area contributed by atoms with Crippen LogP contribution in [0.3, 0.4) is 0 Å². The maximum Gasteiger partial charge on any atom is 0.166 e. The van der Waals surface area contributed by atoms with Crippen LogP contribution >= 0.6 is 15.9 Å². The van der Waals surface area contributed by atoms with Gasteiger partial charge in [0, 0.05) is 29.0 Å². The number of hydrogen-bond acceptors (Lipinski definition) is 4. The van der Waals surface area contributed by atoms with Crippen molar-refractivity contribution >= 4 is 15.9 Å². The van der Waals surface area contributed by atoms with Gasteiger partial charge in [-0.3, -0.25) is 4.90 Å². The molecule has 21 heavy (non-hydrogen) atoms. The predicted octanol–water partition coefficient (Wildman–Crippen LogP) is 2.73. The van der Waals surface area contributed by atoms with Gasteiger partial charge in [0.05, 0.1) is 7.11 Å². The van der Waals surface area contributed by atoms with Crippen LogP contribution in [-0.2, 0) is 6.42 Å². The second-order valence-corrected chi connectivity index (χ2v) is 7.01. The highest BCUT2D eigenvalue weighted by atomic mass is 79.9. The molecule has 2 N–H and O–H groups in total. The van der Waals surface area contributed by atoms with E-state index in [4.69, 9.17) is 15.2 Å². The molecule has 3 atom stereocenters. The second-order valence-electron chi connectivity index (χ2n) is 6.22. The molecule has 5 heteroatoms. The number of nitrogens with two attached hydrogens (primary N) is 1. The Morgan fingerprint density at radius 3 is 2.90 bits per heavy atom. The van der Waals surface area contributed by atoms with Crippen LogP contribution in [0.25, 0.3) is 0 Å². The summed E-state index contributed by atoms with van der Waals surface area (Å²) in [5.74, 6) is 2.31. The van der Waals surface area contributed by atoms with E-state index in [0.717, 1.165) is 37.4 Å². The van der Waals surface area contributed by atoms with Crippen LogP contribution in [0.4, 0.5) is 0 Å². The van der Waals surface area contributed by atoms with E-state index in [-0.39, 0.29) is 6.10 Å². The first-order valence-corrected chi connectivity index (χ1v) is 8.30. The topological polar surface area (TPSA) is 47.7 Å². The average molecular weight is 355 g/mol. The van der Waals surface area contributed by atoms with Crippen molar-refractivity contribution in [1.82, 2.24) is 4.90 Å². The molecule has 1 aromatic rings. The number of hydrogen-bond donors (Lipinski definition) is 1. The Labute approximate surface area is 134 Å². The minimum Gasteiger partial charge on any atom is -0.493 e. The van der Waals surface area contributed by atoms with E-state index in [9.17, 15) is 0 Å². The molecule has 0 amide bonds. The van der Waals surface area contributed by atoms with Gasteiger partial charge in [-0.2, -0.15) is 0 Å². The van der Waals surface area contributed by atoms with E-state index in [2.05, 4.69) is 40.9 Å². The van der Waals surface area contributed by atoms with Crippen LogP contribution in [0, 0.1) is 5.92 Å². The molecular weight excluding hydrogens is 332 g/mol. The fourth-order valence-electron chi connectivity index (χ4n) is 3.57. The van der Waals surface area contributed by atoms with Gasteiger partial charge in [-0.1, -0.05) is 15.9 Å². The summed E-state index contributed by atoms with van der Waals surface area (Å²) < 4.78 is 12.6. The molecule has 0 bridgehead atoms. The van der Waals surface area contributed by atoms with Gasteiger partial charge >= 0.3 is 0 Å². The molecule has 0 aromatic heterocycles. The number of nitrogens with zero attached hydrogens (tertiary/aromatic N) is 1. The number of ether oxygens (including phenoxy) is 2. The number of benzene rings is 1. The highest BCUT2D eigenvalue weighted by Gasteiger charge is 2.35. The molecule has 0 aliphatic carbocycles. The Kier molecular flexibility index (Phi) is 4.17. The van der Waals surface area contributed by atoms with Crippen LogP contribution < -0.4 is 15.2 Å². The lowest BCUT2D eigenvalue weighted by Crippen LogP contribution is -2.21. The maximum absolute atomic E-state index is 5.91. The molecule has 0 radical (unpaired) electrons. The lowest BCUT2D eigenvalue weighted by molar-refractivity contribution is 0.243. The van der Waals surface area contributed by atoms with Crippen molar-refractivity contribution in [2.24, 2.45) is 11.7 Å². The molecule has 0 spiro atoms. The van der Waals surface area contributed by atoms with Crippen molar-refractivity contribution < 1.29 is 9.47 Å². The summed E-state index contributed by atoms with van der Waals surface area (Å²) in [5.41, 5.74) is 8.39. The van der Waals surface area contributed by atoms with Crippen molar-refractivity contribution in [2.75, 3.05) is 27.2 Å². The molecule has 1 saturated heterocycles. The maximum atomic E-state index is 5.91.